The van der Waals surface area contributed by atoms with E-state index >= 15 is 4.39 Å². The van der Waals surface area contributed by atoms with Gasteiger partial charge in [0.15, 0.2) is 17.5 Å². The molecule has 10 nitrogen and oxygen atoms in total. The summed E-state index contributed by atoms with van der Waals surface area (Å²) in [4.78, 5) is 24.5. The van der Waals surface area contributed by atoms with E-state index in [9.17, 15) is 14.3 Å². The largest absolute Gasteiger partial charge is 0.390 e. The smallest absolute Gasteiger partial charge is 0.256 e. The molecule has 0 spiro atoms. The third-order valence-electron chi connectivity index (χ3n) is 6.03. The van der Waals surface area contributed by atoms with Gasteiger partial charge in [-0.05, 0) is 40.3 Å². The summed E-state index contributed by atoms with van der Waals surface area (Å²) < 4.78 is 32.6. The van der Waals surface area contributed by atoms with Crippen molar-refractivity contribution in [1.29, 1.82) is 0 Å². The van der Waals surface area contributed by atoms with Crippen molar-refractivity contribution in [3.05, 3.63) is 99.4 Å². The monoisotopic (exact) mass is 520 g/mol. The van der Waals surface area contributed by atoms with Crippen molar-refractivity contribution in [3.8, 4) is 28.1 Å². The van der Waals surface area contributed by atoms with Crippen molar-refractivity contribution in [2.24, 2.45) is 0 Å². The van der Waals surface area contributed by atoms with Crippen molar-refractivity contribution >= 4 is 17.3 Å². The molecule has 0 atom stereocenters. The molecule has 0 amide bonds. The molecule has 4 aromatic heterocycles. The first-order valence-corrected chi connectivity index (χ1v) is 11.3. The van der Waals surface area contributed by atoms with E-state index in [0.29, 0.717) is 40.6 Å². The number of allylic oxidation sites excluding steroid dienone is 1. The zero-order chi connectivity index (χ0) is 25.7. The molecule has 0 aliphatic carbocycles. The fraction of sp³-hybridized carbons (Fsp3) is 0.0833. The van der Waals surface area contributed by atoms with Gasteiger partial charge in [-0.15, -0.1) is 5.10 Å². The second-order valence-electron chi connectivity index (χ2n) is 8.14. The highest BCUT2D eigenvalue weighted by Gasteiger charge is 2.24. The number of aliphatic hydroxyl groups is 1. The lowest BCUT2D eigenvalue weighted by molar-refractivity contribution is 0.270. The summed E-state index contributed by atoms with van der Waals surface area (Å²) in [6.45, 7) is -0.542. The molecule has 1 aliphatic heterocycles. The SMILES string of the molecule is O=c1cc(-c2c(-n3cnnn3)ccc(Cl)c2F)cc2n1C(c1ncc(-c3ccnc(CO)c3F)[nH]1)=CC2. The van der Waals surface area contributed by atoms with Gasteiger partial charge < -0.3 is 10.1 Å². The Bertz CT molecular complexity index is 1760. The number of benzene rings is 1. The van der Waals surface area contributed by atoms with Crippen LogP contribution < -0.4 is 5.56 Å². The van der Waals surface area contributed by atoms with Crippen LogP contribution in [-0.2, 0) is 13.0 Å². The standard InChI is InChI=1S/C24H15ClF2N8O2/c25-15-2-4-18(34-11-30-32-33-34)21(23(15)27)12-7-13-1-3-19(35(13)20(37)8-12)24-29-9-16(31-24)14-5-6-28-17(10-36)22(14)26/h2-9,11,36H,1,10H2,(H,29,31). The number of aliphatic hydroxyl groups excluding tert-OH is 1. The van der Waals surface area contributed by atoms with Crippen molar-refractivity contribution < 1.29 is 13.9 Å². The Kier molecular flexibility index (Phi) is 5.46. The second kappa shape index (κ2) is 8.84. The minimum absolute atomic E-state index is 0.0851. The first kappa shape index (κ1) is 22.9. The van der Waals surface area contributed by atoms with Gasteiger partial charge >= 0.3 is 0 Å². The first-order chi connectivity index (χ1) is 18.0. The van der Waals surface area contributed by atoms with Crippen LogP contribution in [0.3, 0.4) is 0 Å². The highest BCUT2D eigenvalue weighted by atomic mass is 35.5. The fourth-order valence-corrected chi connectivity index (χ4v) is 4.52. The van der Waals surface area contributed by atoms with Crippen LogP contribution in [0.2, 0.25) is 5.02 Å². The quantitative estimate of drug-likeness (QED) is 0.364. The Labute approximate surface area is 211 Å². The van der Waals surface area contributed by atoms with E-state index in [1.165, 1.54) is 46.2 Å². The highest BCUT2D eigenvalue weighted by Crippen LogP contribution is 2.35. The Morgan fingerprint density at radius 1 is 1.14 bits per heavy atom. The first-order valence-electron chi connectivity index (χ1n) is 10.9. The van der Waals surface area contributed by atoms with Crippen LogP contribution in [-0.4, -0.2) is 44.8 Å². The van der Waals surface area contributed by atoms with Crippen molar-refractivity contribution in [1.82, 2.24) is 39.7 Å². The molecule has 6 rings (SSSR count). The number of aromatic nitrogens is 8. The maximum Gasteiger partial charge on any atom is 0.256 e. The summed E-state index contributed by atoms with van der Waals surface area (Å²) >= 11 is 6.05. The zero-order valence-electron chi connectivity index (χ0n) is 18.7. The van der Waals surface area contributed by atoms with Gasteiger partial charge in [0.05, 0.1) is 34.9 Å². The number of rotatable bonds is 5. The van der Waals surface area contributed by atoms with Crippen molar-refractivity contribution in [3.63, 3.8) is 0 Å². The molecule has 1 aromatic carbocycles. The Morgan fingerprint density at radius 2 is 2.00 bits per heavy atom. The van der Waals surface area contributed by atoms with Crippen molar-refractivity contribution in [2.75, 3.05) is 0 Å². The van der Waals surface area contributed by atoms with E-state index in [0.717, 1.165) is 0 Å². The summed E-state index contributed by atoms with van der Waals surface area (Å²) in [7, 11) is 0. The lowest BCUT2D eigenvalue weighted by Gasteiger charge is -2.14. The number of hydrogen-bond donors (Lipinski definition) is 2. The lowest BCUT2D eigenvalue weighted by Crippen LogP contribution is -2.20. The summed E-state index contributed by atoms with van der Waals surface area (Å²) in [5.41, 5.74) is 1.82. The van der Waals surface area contributed by atoms with E-state index in [4.69, 9.17) is 11.6 Å². The molecule has 37 heavy (non-hydrogen) atoms. The van der Waals surface area contributed by atoms with Crippen molar-refractivity contribution in [2.45, 2.75) is 13.0 Å². The molecule has 13 heteroatoms. The molecule has 2 N–H and O–H groups in total. The molecule has 0 fully saturated rings. The van der Waals surface area contributed by atoms with Gasteiger partial charge in [-0.2, -0.15) is 4.68 Å². The van der Waals surface area contributed by atoms with Gasteiger partial charge in [-0.3, -0.25) is 14.3 Å². The van der Waals surface area contributed by atoms with Gasteiger partial charge in [0.25, 0.3) is 5.56 Å². The number of H-pyrrole nitrogens is 1. The maximum absolute atomic E-state index is 15.2. The van der Waals surface area contributed by atoms with Crippen LogP contribution in [0.5, 0.6) is 0 Å². The molecule has 184 valence electrons. The topological polar surface area (TPSA) is 127 Å². The van der Waals surface area contributed by atoms with Crippen LogP contribution in [0.15, 0.2) is 59.9 Å². The predicted octanol–water partition coefficient (Wildman–Crippen LogP) is 3.15. The van der Waals surface area contributed by atoms with E-state index in [-0.39, 0.29) is 21.8 Å². The summed E-state index contributed by atoms with van der Waals surface area (Å²) in [5, 5.41) is 20.2. The fourth-order valence-electron chi connectivity index (χ4n) is 4.36. The van der Waals surface area contributed by atoms with E-state index in [1.807, 2.05) is 0 Å². The van der Waals surface area contributed by atoms with Gasteiger partial charge in [0, 0.05) is 35.5 Å². The lowest BCUT2D eigenvalue weighted by atomic mass is 10.0. The molecule has 0 bridgehead atoms. The molecule has 1 aliphatic rings. The molecule has 0 saturated carbocycles. The number of aromatic amines is 1. The Balaban J connectivity index is 1.42. The molecule has 0 radical (unpaired) electrons. The average Bonchev–Trinajstić information content (AvgIpc) is 3.66. The zero-order valence-corrected chi connectivity index (χ0v) is 19.5. The maximum atomic E-state index is 15.2. The van der Waals surface area contributed by atoms with E-state index in [2.05, 4.69) is 30.5 Å². The number of tetrazole rings is 1. The number of halogens is 3. The van der Waals surface area contributed by atoms with Crippen LogP contribution in [0.1, 0.15) is 17.2 Å². The number of nitrogens with one attached hydrogen (secondary N) is 1. The number of nitrogens with zero attached hydrogens (tertiary/aromatic N) is 7. The van der Waals surface area contributed by atoms with Gasteiger partial charge in [-0.1, -0.05) is 17.7 Å². The third kappa shape index (κ3) is 3.74. The molecule has 0 saturated heterocycles. The second-order valence-corrected chi connectivity index (χ2v) is 8.54. The van der Waals surface area contributed by atoms with Crippen LogP contribution >= 0.6 is 11.6 Å². The third-order valence-corrected chi connectivity index (χ3v) is 6.32. The summed E-state index contributed by atoms with van der Waals surface area (Å²) in [6.07, 6.45) is 6.30. The molecule has 0 unspecified atom stereocenters. The summed E-state index contributed by atoms with van der Waals surface area (Å²) in [6, 6.07) is 7.40. The van der Waals surface area contributed by atoms with E-state index in [1.54, 1.807) is 18.2 Å². The van der Waals surface area contributed by atoms with Gasteiger partial charge in [0.2, 0.25) is 0 Å². The predicted molar refractivity (Wildman–Crippen MR) is 129 cm³/mol. The molecule has 5 heterocycles. The molecular formula is C24H15ClF2N8O2. The van der Waals surface area contributed by atoms with E-state index < -0.39 is 23.8 Å². The Morgan fingerprint density at radius 3 is 2.78 bits per heavy atom. The summed E-state index contributed by atoms with van der Waals surface area (Å²) in [5.74, 6) is -1.03. The number of imidazole rings is 1. The van der Waals surface area contributed by atoms with Gasteiger partial charge in [-0.25, -0.2) is 13.8 Å². The minimum Gasteiger partial charge on any atom is -0.390 e. The number of pyridine rings is 2. The average molecular weight is 521 g/mol. The Hall–Kier alpha value is -4.55. The van der Waals surface area contributed by atoms with Gasteiger partial charge in [0.1, 0.15) is 12.0 Å². The van der Waals surface area contributed by atoms with Crippen LogP contribution in [0.25, 0.3) is 33.8 Å². The minimum atomic E-state index is -0.706. The van der Waals surface area contributed by atoms with Crippen LogP contribution in [0, 0.1) is 11.6 Å². The normalized spacial score (nSPS) is 12.6. The molecular weight excluding hydrogens is 506 g/mol. The molecule has 5 aromatic rings. The number of hydrogen-bond acceptors (Lipinski definition) is 7. The van der Waals surface area contributed by atoms with Crippen LogP contribution in [0.4, 0.5) is 8.78 Å². The number of fused-ring (bicyclic) bond motifs is 1. The highest BCUT2D eigenvalue weighted by molar-refractivity contribution is 6.31.